The van der Waals surface area contributed by atoms with Crippen LogP contribution in [0.2, 0.25) is 0 Å². The van der Waals surface area contributed by atoms with Gasteiger partial charge in [-0.05, 0) is 49.2 Å². The van der Waals surface area contributed by atoms with E-state index in [9.17, 15) is 9.59 Å². The molecule has 0 bridgehead atoms. The molecule has 2 heterocycles. The molecule has 6 nitrogen and oxygen atoms in total. The van der Waals surface area contributed by atoms with Gasteiger partial charge in [0.25, 0.3) is 5.56 Å². The number of nitrogens with zero attached hydrogens (tertiary/aromatic N) is 3. The zero-order chi connectivity index (χ0) is 21.8. The summed E-state index contributed by atoms with van der Waals surface area (Å²) in [6, 6.07) is 20.6. The summed E-state index contributed by atoms with van der Waals surface area (Å²) in [5.41, 5.74) is 2.39. The van der Waals surface area contributed by atoms with Crippen molar-refractivity contribution in [1.82, 2.24) is 19.9 Å². The minimum Gasteiger partial charge on any atom is -0.351 e. The Balaban J connectivity index is 1.66. The Morgan fingerprint density at radius 1 is 1.10 bits per heavy atom. The quantitative estimate of drug-likeness (QED) is 0.371. The number of aryl methyl sites for hydroxylation is 1. The van der Waals surface area contributed by atoms with Gasteiger partial charge in [0.05, 0.1) is 16.2 Å². The molecule has 0 aliphatic carbocycles. The Morgan fingerprint density at radius 2 is 1.84 bits per heavy atom. The van der Waals surface area contributed by atoms with Crippen LogP contribution >= 0.6 is 11.8 Å². The van der Waals surface area contributed by atoms with E-state index < -0.39 is 5.25 Å². The van der Waals surface area contributed by atoms with Crippen LogP contribution in [0.4, 0.5) is 0 Å². The second-order valence-corrected chi connectivity index (χ2v) is 8.51. The number of carbonyl (C=O) groups is 1. The lowest BCUT2D eigenvalue weighted by atomic mass is 10.2. The molecule has 156 valence electrons. The molecule has 2 aromatic heterocycles. The Kier molecular flexibility index (Phi) is 6.13. The lowest BCUT2D eigenvalue weighted by Gasteiger charge is -2.16. The monoisotopic (exact) mass is 430 g/mol. The van der Waals surface area contributed by atoms with Gasteiger partial charge in [-0.3, -0.25) is 9.59 Å². The fraction of sp³-hybridized carbons (Fsp3) is 0.167. The van der Waals surface area contributed by atoms with Crippen molar-refractivity contribution in [2.75, 3.05) is 0 Å². The summed E-state index contributed by atoms with van der Waals surface area (Å²) < 4.78 is 1.49. The molecule has 1 N–H and O–H groups in total. The summed E-state index contributed by atoms with van der Waals surface area (Å²) in [5.74, 6) is 0.364. The number of hydrogen-bond acceptors (Lipinski definition) is 5. The lowest BCUT2D eigenvalue weighted by molar-refractivity contribution is -0.120. The third kappa shape index (κ3) is 4.67. The van der Waals surface area contributed by atoms with Gasteiger partial charge in [-0.1, -0.05) is 54.2 Å². The molecule has 0 aliphatic rings. The van der Waals surface area contributed by atoms with Crippen LogP contribution in [-0.4, -0.2) is 25.7 Å². The van der Waals surface area contributed by atoms with E-state index in [1.54, 1.807) is 25.3 Å². The summed E-state index contributed by atoms with van der Waals surface area (Å²) in [5, 5.41) is 3.44. The first-order valence-corrected chi connectivity index (χ1v) is 10.8. The maximum atomic E-state index is 13.3. The van der Waals surface area contributed by atoms with Gasteiger partial charge in [0, 0.05) is 12.7 Å². The van der Waals surface area contributed by atoms with Crippen molar-refractivity contribution in [3.8, 4) is 5.82 Å². The first-order valence-electron chi connectivity index (χ1n) is 9.96. The number of benzene rings is 2. The topological polar surface area (TPSA) is 76.9 Å². The minimum absolute atomic E-state index is 0.125. The van der Waals surface area contributed by atoms with Crippen molar-refractivity contribution in [1.29, 1.82) is 0 Å². The number of fused-ring (bicyclic) bond motifs is 1. The second kappa shape index (κ2) is 9.14. The molecule has 4 rings (SSSR count). The van der Waals surface area contributed by atoms with Gasteiger partial charge in [-0.2, -0.15) is 0 Å². The van der Waals surface area contributed by atoms with Gasteiger partial charge in [-0.25, -0.2) is 14.5 Å². The van der Waals surface area contributed by atoms with E-state index in [0.29, 0.717) is 28.4 Å². The highest BCUT2D eigenvalue weighted by atomic mass is 32.2. The molecule has 1 atom stereocenters. The minimum atomic E-state index is -0.451. The third-order valence-electron chi connectivity index (χ3n) is 4.84. The molecular formula is C24H22N4O2S. The van der Waals surface area contributed by atoms with Gasteiger partial charge in [0.2, 0.25) is 5.91 Å². The highest BCUT2D eigenvalue weighted by Gasteiger charge is 2.20. The number of pyridine rings is 1. The number of thioether (sulfide) groups is 1. The van der Waals surface area contributed by atoms with Crippen LogP contribution in [-0.2, 0) is 11.3 Å². The average molecular weight is 431 g/mol. The molecule has 0 radical (unpaired) electrons. The van der Waals surface area contributed by atoms with Crippen molar-refractivity contribution < 1.29 is 4.79 Å². The summed E-state index contributed by atoms with van der Waals surface area (Å²) >= 11 is 1.24. The van der Waals surface area contributed by atoms with Crippen LogP contribution in [0.1, 0.15) is 18.1 Å². The first kappa shape index (κ1) is 20.8. The molecule has 0 aliphatic heterocycles. The summed E-state index contributed by atoms with van der Waals surface area (Å²) in [6.45, 7) is 4.19. The second-order valence-electron chi connectivity index (χ2n) is 7.21. The zero-order valence-electron chi connectivity index (χ0n) is 17.3. The third-order valence-corrected chi connectivity index (χ3v) is 5.89. The molecular weight excluding hydrogens is 408 g/mol. The Morgan fingerprint density at radius 3 is 2.61 bits per heavy atom. The maximum Gasteiger partial charge on any atom is 0.267 e. The molecule has 0 fully saturated rings. The van der Waals surface area contributed by atoms with Crippen molar-refractivity contribution in [3.05, 3.63) is 94.4 Å². The van der Waals surface area contributed by atoms with E-state index in [-0.39, 0.29) is 11.5 Å². The molecule has 7 heteroatoms. The van der Waals surface area contributed by atoms with Gasteiger partial charge in [-0.15, -0.1) is 0 Å². The summed E-state index contributed by atoms with van der Waals surface area (Å²) in [6.07, 6.45) is 1.66. The first-order chi connectivity index (χ1) is 15.0. The average Bonchev–Trinajstić information content (AvgIpc) is 2.78. The van der Waals surface area contributed by atoms with Gasteiger partial charge in [0.15, 0.2) is 5.16 Å². The Labute approximate surface area is 184 Å². The van der Waals surface area contributed by atoms with E-state index in [1.807, 2.05) is 61.5 Å². The van der Waals surface area contributed by atoms with Crippen LogP contribution in [0.5, 0.6) is 0 Å². The lowest BCUT2D eigenvalue weighted by Crippen LogP contribution is -2.31. The maximum absolute atomic E-state index is 13.3. The van der Waals surface area contributed by atoms with Crippen molar-refractivity contribution in [2.24, 2.45) is 0 Å². The molecule has 0 spiro atoms. The van der Waals surface area contributed by atoms with Gasteiger partial charge >= 0.3 is 0 Å². The number of rotatable bonds is 6. The largest absolute Gasteiger partial charge is 0.351 e. The number of para-hydroxylation sites is 1. The molecule has 0 saturated carbocycles. The van der Waals surface area contributed by atoms with E-state index in [1.165, 1.54) is 16.3 Å². The van der Waals surface area contributed by atoms with Crippen LogP contribution < -0.4 is 10.9 Å². The van der Waals surface area contributed by atoms with E-state index >= 15 is 0 Å². The fourth-order valence-electron chi connectivity index (χ4n) is 3.18. The van der Waals surface area contributed by atoms with E-state index in [4.69, 9.17) is 0 Å². The van der Waals surface area contributed by atoms with E-state index in [0.717, 1.165) is 11.1 Å². The smallest absolute Gasteiger partial charge is 0.267 e. The number of amides is 1. The normalized spacial score (nSPS) is 11.9. The van der Waals surface area contributed by atoms with Gasteiger partial charge < -0.3 is 5.32 Å². The molecule has 1 amide bonds. The van der Waals surface area contributed by atoms with Crippen LogP contribution in [0.3, 0.4) is 0 Å². The number of aromatic nitrogens is 3. The predicted molar refractivity (Wildman–Crippen MR) is 123 cm³/mol. The van der Waals surface area contributed by atoms with Crippen LogP contribution in [0.25, 0.3) is 16.7 Å². The molecule has 1 unspecified atom stereocenters. The summed E-state index contributed by atoms with van der Waals surface area (Å²) in [4.78, 5) is 35.1. The van der Waals surface area contributed by atoms with Crippen molar-refractivity contribution in [2.45, 2.75) is 30.8 Å². The van der Waals surface area contributed by atoms with Crippen LogP contribution in [0.15, 0.2) is 82.9 Å². The molecule has 31 heavy (non-hydrogen) atoms. The van der Waals surface area contributed by atoms with E-state index in [2.05, 4.69) is 15.3 Å². The Hall–Kier alpha value is -3.45. The van der Waals surface area contributed by atoms with Gasteiger partial charge in [0.1, 0.15) is 5.82 Å². The number of hydrogen-bond donors (Lipinski definition) is 1. The summed E-state index contributed by atoms with van der Waals surface area (Å²) in [7, 11) is 0. The molecule has 4 aromatic rings. The number of nitrogens with one attached hydrogen (secondary N) is 1. The highest BCUT2D eigenvalue weighted by molar-refractivity contribution is 8.00. The number of carbonyl (C=O) groups excluding carboxylic acids is 1. The highest BCUT2D eigenvalue weighted by Crippen LogP contribution is 2.25. The standard InChI is InChI=1S/C24H22N4O2S/c1-16-12-13-25-21(14-16)28-23(30)19-10-6-7-11-20(19)27-24(28)31-17(2)22(29)26-15-18-8-4-3-5-9-18/h3-14,17H,15H2,1-2H3,(H,26,29). The fourth-order valence-corrected chi connectivity index (χ4v) is 4.12. The SMILES string of the molecule is Cc1ccnc(-n2c(SC(C)C(=O)NCc3ccccc3)nc3ccccc3c2=O)c1. The zero-order valence-corrected chi connectivity index (χ0v) is 18.1. The van der Waals surface area contributed by atoms with Crippen molar-refractivity contribution in [3.63, 3.8) is 0 Å². The van der Waals surface area contributed by atoms with Crippen LogP contribution in [0, 0.1) is 6.92 Å². The predicted octanol–water partition coefficient (Wildman–Crippen LogP) is 3.89. The van der Waals surface area contributed by atoms with Crippen molar-refractivity contribution >= 4 is 28.6 Å². The molecule has 0 saturated heterocycles. The Bertz CT molecular complexity index is 1290. The molecule has 2 aromatic carbocycles.